The maximum atomic E-state index is 11.5. The summed E-state index contributed by atoms with van der Waals surface area (Å²) >= 11 is 0. The van der Waals surface area contributed by atoms with Gasteiger partial charge in [0.05, 0.1) is 0 Å². The van der Waals surface area contributed by atoms with Crippen LogP contribution in [-0.2, 0) is 9.47 Å². The standard InChI is InChI=1S/C28H58N4O4/c1-27(2,3)35-25(33)31-23-17-21-29-19-15-13-11-9-7-8-10-12-14-16-20-30-22-18-24-32-26(34)36-28(4,5)6/h29-30H,7-24H2,1-6H3,(H,31,33)(H,32,34). The van der Waals surface area contributed by atoms with Crippen LogP contribution in [0, 0.1) is 0 Å². The van der Waals surface area contributed by atoms with Crippen molar-refractivity contribution < 1.29 is 19.1 Å². The van der Waals surface area contributed by atoms with E-state index in [9.17, 15) is 9.59 Å². The van der Waals surface area contributed by atoms with Crippen LogP contribution in [-0.4, -0.2) is 62.7 Å². The number of hydrogen-bond acceptors (Lipinski definition) is 6. The molecule has 4 N–H and O–H groups in total. The molecule has 0 radical (unpaired) electrons. The zero-order valence-corrected chi connectivity index (χ0v) is 24.4. The molecular weight excluding hydrogens is 456 g/mol. The minimum absolute atomic E-state index is 0.335. The van der Waals surface area contributed by atoms with Gasteiger partial charge in [-0.15, -0.1) is 0 Å². The largest absolute Gasteiger partial charge is 0.444 e. The SMILES string of the molecule is CC(C)(C)OC(=O)NCCCNCCCCCCCCCCCCNCCCNC(=O)OC(C)(C)C. The zero-order chi connectivity index (χ0) is 27.1. The Morgan fingerprint density at radius 1 is 0.444 bits per heavy atom. The first-order valence-corrected chi connectivity index (χ1v) is 14.3. The van der Waals surface area contributed by atoms with Gasteiger partial charge in [0, 0.05) is 13.1 Å². The van der Waals surface area contributed by atoms with Crippen LogP contribution < -0.4 is 21.3 Å². The number of carbonyl (C=O) groups excluding carboxylic acids is 2. The van der Waals surface area contributed by atoms with Crippen molar-refractivity contribution in [2.24, 2.45) is 0 Å². The molecule has 0 aliphatic heterocycles. The fraction of sp³-hybridized carbons (Fsp3) is 0.929. The Labute approximate surface area is 221 Å². The summed E-state index contributed by atoms with van der Waals surface area (Å²) in [4.78, 5) is 23.1. The Hall–Kier alpha value is -1.54. The Morgan fingerprint density at radius 3 is 1.03 bits per heavy atom. The maximum absolute atomic E-state index is 11.5. The Kier molecular flexibility index (Phi) is 20.6. The minimum Gasteiger partial charge on any atom is -0.444 e. The van der Waals surface area contributed by atoms with Crippen LogP contribution in [0.1, 0.15) is 119 Å². The lowest BCUT2D eigenvalue weighted by Gasteiger charge is -2.19. The molecule has 8 nitrogen and oxygen atoms in total. The van der Waals surface area contributed by atoms with Crippen molar-refractivity contribution in [1.29, 1.82) is 0 Å². The summed E-state index contributed by atoms with van der Waals surface area (Å²) in [6.07, 6.45) is 14.3. The van der Waals surface area contributed by atoms with Crippen LogP contribution in [0.25, 0.3) is 0 Å². The van der Waals surface area contributed by atoms with Gasteiger partial charge in [-0.2, -0.15) is 0 Å². The molecule has 0 aromatic rings. The number of nitrogens with one attached hydrogen (secondary N) is 4. The Bertz CT molecular complexity index is 497. The first kappa shape index (κ1) is 34.5. The summed E-state index contributed by atoms with van der Waals surface area (Å²) < 4.78 is 10.4. The molecule has 0 saturated carbocycles. The van der Waals surface area contributed by atoms with Gasteiger partial charge in [-0.1, -0.05) is 51.4 Å². The van der Waals surface area contributed by atoms with Crippen LogP contribution in [0.5, 0.6) is 0 Å². The molecular formula is C28H58N4O4. The molecule has 0 aromatic heterocycles. The van der Waals surface area contributed by atoms with Gasteiger partial charge in [-0.05, 0) is 93.4 Å². The van der Waals surface area contributed by atoms with Gasteiger partial charge in [0.15, 0.2) is 0 Å². The zero-order valence-electron chi connectivity index (χ0n) is 24.4. The second kappa shape index (κ2) is 21.5. The number of amides is 2. The smallest absolute Gasteiger partial charge is 0.407 e. The van der Waals surface area contributed by atoms with E-state index in [1.807, 2.05) is 41.5 Å². The molecule has 0 heterocycles. The molecule has 0 aromatic carbocycles. The van der Waals surface area contributed by atoms with E-state index in [2.05, 4.69) is 21.3 Å². The summed E-state index contributed by atoms with van der Waals surface area (Å²) in [6, 6.07) is 0. The molecule has 0 bridgehead atoms. The molecule has 0 rings (SSSR count). The van der Waals surface area contributed by atoms with Gasteiger partial charge in [-0.3, -0.25) is 0 Å². The minimum atomic E-state index is -0.438. The van der Waals surface area contributed by atoms with Crippen LogP contribution in [0.3, 0.4) is 0 Å². The quantitative estimate of drug-likeness (QED) is 0.142. The van der Waals surface area contributed by atoms with E-state index in [4.69, 9.17) is 9.47 Å². The molecule has 2 amide bonds. The molecule has 8 heteroatoms. The van der Waals surface area contributed by atoms with Crippen molar-refractivity contribution in [3.8, 4) is 0 Å². The lowest BCUT2D eigenvalue weighted by atomic mass is 10.1. The third-order valence-corrected chi connectivity index (χ3v) is 5.35. The molecule has 214 valence electrons. The summed E-state index contributed by atoms with van der Waals surface area (Å²) in [5.41, 5.74) is -0.876. The number of unbranched alkanes of at least 4 members (excludes halogenated alkanes) is 9. The van der Waals surface area contributed by atoms with Crippen molar-refractivity contribution in [3.63, 3.8) is 0 Å². The van der Waals surface area contributed by atoms with Crippen LogP contribution in [0.2, 0.25) is 0 Å². The van der Waals surface area contributed by atoms with E-state index in [1.165, 1.54) is 64.2 Å². The van der Waals surface area contributed by atoms with Crippen molar-refractivity contribution in [1.82, 2.24) is 21.3 Å². The van der Waals surface area contributed by atoms with Crippen LogP contribution in [0.4, 0.5) is 9.59 Å². The molecule has 0 fully saturated rings. The maximum Gasteiger partial charge on any atom is 0.407 e. The fourth-order valence-electron chi connectivity index (χ4n) is 3.60. The molecule has 0 aliphatic rings. The van der Waals surface area contributed by atoms with E-state index in [-0.39, 0.29) is 12.2 Å². The van der Waals surface area contributed by atoms with Crippen LogP contribution >= 0.6 is 0 Å². The molecule has 36 heavy (non-hydrogen) atoms. The summed E-state index contributed by atoms with van der Waals surface area (Å²) in [6.45, 7) is 16.5. The summed E-state index contributed by atoms with van der Waals surface area (Å²) in [7, 11) is 0. The van der Waals surface area contributed by atoms with Gasteiger partial charge >= 0.3 is 12.2 Å². The molecule has 0 saturated heterocycles. The second-order valence-electron chi connectivity index (χ2n) is 11.6. The van der Waals surface area contributed by atoms with E-state index in [1.54, 1.807) is 0 Å². The number of hydrogen-bond donors (Lipinski definition) is 4. The van der Waals surface area contributed by atoms with E-state index >= 15 is 0 Å². The van der Waals surface area contributed by atoms with Gasteiger partial charge < -0.3 is 30.7 Å². The molecule has 0 spiro atoms. The van der Waals surface area contributed by atoms with Gasteiger partial charge in [0.2, 0.25) is 0 Å². The van der Waals surface area contributed by atoms with Crippen molar-refractivity contribution in [3.05, 3.63) is 0 Å². The predicted molar refractivity (Wildman–Crippen MR) is 150 cm³/mol. The normalized spacial score (nSPS) is 11.8. The molecule has 0 unspecified atom stereocenters. The second-order valence-corrected chi connectivity index (χ2v) is 11.6. The lowest BCUT2D eigenvalue weighted by Crippen LogP contribution is -2.34. The summed E-state index contributed by atoms with van der Waals surface area (Å²) in [5.74, 6) is 0. The third kappa shape index (κ3) is 28.7. The van der Waals surface area contributed by atoms with Crippen LogP contribution in [0.15, 0.2) is 0 Å². The monoisotopic (exact) mass is 514 g/mol. The highest BCUT2D eigenvalue weighted by atomic mass is 16.6. The molecule has 0 atom stereocenters. The van der Waals surface area contributed by atoms with Gasteiger partial charge in [-0.25, -0.2) is 9.59 Å². The van der Waals surface area contributed by atoms with Crippen molar-refractivity contribution in [2.45, 2.75) is 130 Å². The molecule has 0 aliphatic carbocycles. The fourth-order valence-corrected chi connectivity index (χ4v) is 3.60. The highest BCUT2D eigenvalue weighted by Gasteiger charge is 2.16. The number of alkyl carbamates (subject to hydrolysis) is 2. The predicted octanol–water partition coefficient (Wildman–Crippen LogP) is 5.90. The first-order valence-electron chi connectivity index (χ1n) is 14.3. The number of ether oxygens (including phenoxy) is 2. The topological polar surface area (TPSA) is 101 Å². The van der Waals surface area contributed by atoms with E-state index < -0.39 is 11.2 Å². The van der Waals surface area contributed by atoms with Crippen molar-refractivity contribution in [2.75, 3.05) is 39.3 Å². The Balaban J connectivity index is 3.19. The summed E-state index contributed by atoms with van der Waals surface area (Å²) in [5, 5.41) is 12.5. The highest BCUT2D eigenvalue weighted by Crippen LogP contribution is 2.10. The average molecular weight is 515 g/mol. The lowest BCUT2D eigenvalue weighted by molar-refractivity contribution is 0.0515. The third-order valence-electron chi connectivity index (χ3n) is 5.35. The van der Waals surface area contributed by atoms with Gasteiger partial charge in [0.1, 0.15) is 11.2 Å². The van der Waals surface area contributed by atoms with Crippen molar-refractivity contribution >= 4 is 12.2 Å². The van der Waals surface area contributed by atoms with Gasteiger partial charge in [0.25, 0.3) is 0 Å². The average Bonchev–Trinajstić information content (AvgIpc) is 2.74. The number of rotatable bonds is 21. The van der Waals surface area contributed by atoms with E-state index in [0.29, 0.717) is 13.1 Å². The first-order chi connectivity index (χ1) is 17.0. The Morgan fingerprint density at radius 2 is 0.722 bits per heavy atom. The highest BCUT2D eigenvalue weighted by molar-refractivity contribution is 5.67. The number of carbonyl (C=O) groups is 2. The van der Waals surface area contributed by atoms with E-state index in [0.717, 1.165) is 39.0 Å².